The topological polar surface area (TPSA) is 120 Å². The number of aromatic hydroxyl groups is 1. The van der Waals surface area contributed by atoms with Gasteiger partial charge in [-0.1, -0.05) is 6.07 Å². The largest absolute Gasteiger partial charge is 0.506 e. The third kappa shape index (κ3) is 2.39. The van der Waals surface area contributed by atoms with E-state index < -0.39 is 22.8 Å². The lowest BCUT2D eigenvalue weighted by molar-refractivity contribution is 0.0691. The van der Waals surface area contributed by atoms with Crippen molar-refractivity contribution in [1.29, 1.82) is 0 Å². The maximum Gasteiger partial charge on any atom is 0.345 e. The van der Waals surface area contributed by atoms with Gasteiger partial charge in [-0.05, 0) is 43.4 Å². The number of aromatic nitrogens is 1. The Morgan fingerprint density at radius 2 is 1.92 bits per heavy atom. The number of H-pyrrole nitrogens is 1. The minimum atomic E-state index is -1.45. The Bertz CT molecular complexity index is 969. The van der Waals surface area contributed by atoms with Crippen molar-refractivity contribution >= 4 is 11.7 Å². The Labute approximate surface area is 150 Å². The molecule has 2 heterocycles. The number of nitrogens with two attached hydrogens (primary N) is 1. The van der Waals surface area contributed by atoms with Gasteiger partial charge < -0.3 is 25.8 Å². The van der Waals surface area contributed by atoms with E-state index in [1.807, 2.05) is 25.1 Å². The summed E-state index contributed by atoms with van der Waals surface area (Å²) in [5.41, 5.74) is 8.14. The van der Waals surface area contributed by atoms with Gasteiger partial charge in [0.1, 0.15) is 5.75 Å². The third-order valence-electron chi connectivity index (χ3n) is 5.75. The average Bonchev–Trinajstić information content (AvgIpc) is 2.99. The summed E-state index contributed by atoms with van der Waals surface area (Å²) in [7, 11) is 0. The van der Waals surface area contributed by atoms with Crippen LogP contribution in [0, 0.1) is 25.7 Å². The Hall–Kier alpha value is -2.80. The van der Waals surface area contributed by atoms with Gasteiger partial charge in [-0.15, -0.1) is 0 Å². The van der Waals surface area contributed by atoms with E-state index in [0.29, 0.717) is 29.1 Å². The molecule has 2 aliphatic rings. The summed E-state index contributed by atoms with van der Waals surface area (Å²) in [6.45, 7) is 5.46. The fourth-order valence-corrected chi connectivity index (χ4v) is 4.06. The summed E-state index contributed by atoms with van der Waals surface area (Å²) in [5, 5.41) is 19.2. The highest BCUT2D eigenvalue weighted by Crippen LogP contribution is 2.45. The quantitative estimate of drug-likeness (QED) is 0.662. The summed E-state index contributed by atoms with van der Waals surface area (Å²) in [4.78, 5) is 28.2. The number of aryl methyl sites for hydroxylation is 1. The van der Waals surface area contributed by atoms with Crippen LogP contribution in [0.25, 0.3) is 11.3 Å². The second-order valence-electron chi connectivity index (χ2n) is 7.29. The van der Waals surface area contributed by atoms with Gasteiger partial charge in [0, 0.05) is 35.9 Å². The van der Waals surface area contributed by atoms with Gasteiger partial charge in [0.25, 0.3) is 5.56 Å². The highest BCUT2D eigenvalue weighted by Gasteiger charge is 2.53. The molecule has 5 N–H and O–H groups in total. The zero-order chi connectivity index (χ0) is 18.7. The SMILES string of the molecule is Cc1cc(N2C[C@@H]3C(N)[C@@H]3C2)ccc1-c1[nH]c(=O)c(C(=O)O)c(O)c1C. The van der Waals surface area contributed by atoms with Gasteiger partial charge in [-0.2, -0.15) is 0 Å². The van der Waals surface area contributed by atoms with Crippen LogP contribution in [0.3, 0.4) is 0 Å². The monoisotopic (exact) mass is 355 g/mol. The molecule has 2 aromatic rings. The molecule has 1 aliphatic carbocycles. The Kier molecular flexibility index (Phi) is 3.59. The van der Waals surface area contributed by atoms with Crippen molar-refractivity contribution in [3.63, 3.8) is 0 Å². The summed E-state index contributed by atoms with van der Waals surface area (Å²) in [6.07, 6.45) is 0. The molecule has 0 spiro atoms. The van der Waals surface area contributed by atoms with E-state index in [-0.39, 0.29) is 0 Å². The van der Waals surface area contributed by atoms with Crippen molar-refractivity contribution in [2.75, 3.05) is 18.0 Å². The molecule has 2 fully saturated rings. The third-order valence-corrected chi connectivity index (χ3v) is 5.75. The number of anilines is 1. The predicted octanol–water partition coefficient (Wildman–Crippen LogP) is 1.46. The molecule has 1 aliphatic heterocycles. The lowest BCUT2D eigenvalue weighted by Crippen LogP contribution is -2.27. The molecule has 4 rings (SSSR count). The number of carbonyl (C=O) groups is 1. The molecule has 26 heavy (non-hydrogen) atoms. The second kappa shape index (κ2) is 5.60. The van der Waals surface area contributed by atoms with Crippen LogP contribution in [-0.2, 0) is 0 Å². The fourth-order valence-electron chi connectivity index (χ4n) is 4.06. The van der Waals surface area contributed by atoms with Crippen LogP contribution < -0.4 is 16.2 Å². The van der Waals surface area contributed by atoms with E-state index in [9.17, 15) is 14.7 Å². The Balaban J connectivity index is 1.71. The van der Waals surface area contributed by atoms with Gasteiger partial charge in [-0.3, -0.25) is 4.79 Å². The zero-order valence-corrected chi connectivity index (χ0v) is 14.6. The smallest absolute Gasteiger partial charge is 0.345 e. The van der Waals surface area contributed by atoms with Crippen LogP contribution in [0.2, 0.25) is 0 Å². The number of nitrogens with zero attached hydrogens (tertiary/aromatic N) is 1. The zero-order valence-electron chi connectivity index (χ0n) is 14.6. The first kappa shape index (κ1) is 16.7. The van der Waals surface area contributed by atoms with Crippen LogP contribution >= 0.6 is 0 Å². The van der Waals surface area contributed by atoms with Gasteiger partial charge in [0.15, 0.2) is 5.56 Å². The fraction of sp³-hybridized carbons (Fsp3) is 0.368. The normalized spacial score (nSPS) is 23.8. The van der Waals surface area contributed by atoms with E-state index in [1.54, 1.807) is 6.92 Å². The van der Waals surface area contributed by atoms with Crippen molar-refractivity contribution < 1.29 is 15.0 Å². The maximum atomic E-state index is 12.1. The van der Waals surface area contributed by atoms with Crippen molar-refractivity contribution in [3.05, 3.63) is 45.2 Å². The minimum Gasteiger partial charge on any atom is -0.506 e. The number of aromatic carboxylic acids is 1. The molecular formula is C19H21N3O4. The van der Waals surface area contributed by atoms with Crippen LogP contribution in [0.1, 0.15) is 21.5 Å². The Morgan fingerprint density at radius 1 is 1.27 bits per heavy atom. The van der Waals surface area contributed by atoms with Crippen molar-refractivity contribution in [2.24, 2.45) is 17.6 Å². The number of hydrogen-bond donors (Lipinski definition) is 4. The molecule has 136 valence electrons. The molecule has 1 aromatic carbocycles. The van der Waals surface area contributed by atoms with E-state index in [4.69, 9.17) is 10.8 Å². The lowest BCUT2D eigenvalue weighted by Gasteiger charge is -2.23. The number of hydrogen-bond acceptors (Lipinski definition) is 5. The van der Waals surface area contributed by atoms with Crippen LogP contribution in [0.5, 0.6) is 5.75 Å². The molecular weight excluding hydrogens is 334 g/mol. The first-order chi connectivity index (χ1) is 12.3. The molecule has 1 aromatic heterocycles. The standard InChI is InChI=1S/C19H21N3O4/c1-8-5-10(22-6-12-13(7-22)15(12)20)3-4-11(8)16-9(2)17(23)14(19(25)26)18(24)21-16/h3-5,12-13,15H,6-7,20H2,1-2H3,(H,25,26)(H2,21,23,24)/t12-,13+,15?. The van der Waals surface area contributed by atoms with E-state index in [0.717, 1.165) is 29.9 Å². The van der Waals surface area contributed by atoms with Crippen molar-refractivity contribution in [1.82, 2.24) is 4.98 Å². The van der Waals surface area contributed by atoms with Gasteiger partial charge in [0.2, 0.25) is 0 Å². The number of rotatable bonds is 3. The highest BCUT2D eigenvalue weighted by molar-refractivity contribution is 5.92. The Morgan fingerprint density at radius 3 is 2.50 bits per heavy atom. The predicted molar refractivity (Wildman–Crippen MR) is 97.8 cm³/mol. The van der Waals surface area contributed by atoms with Gasteiger partial charge in [-0.25, -0.2) is 4.79 Å². The molecule has 1 saturated heterocycles. The highest BCUT2D eigenvalue weighted by atomic mass is 16.4. The summed E-state index contributed by atoms with van der Waals surface area (Å²) in [5.74, 6) is -0.757. The first-order valence-corrected chi connectivity index (χ1v) is 8.60. The number of carboxylic acid groups (broad SMARTS) is 1. The van der Waals surface area contributed by atoms with E-state index >= 15 is 0 Å². The number of aromatic amines is 1. The molecule has 0 bridgehead atoms. The van der Waals surface area contributed by atoms with Crippen molar-refractivity contribution in [2.45, 2.75) is 19.9 Å². The number of nitrogens with one attached hydrogen (secondary N) is 1. The summed E-state index contributed by atoms with van der Waals surface area (Å²) < 4.78 is 0. The van der Waals surface area contributed by atoms with Gasteiger partial charge >= 0.3 is 5.97 Å². The molecule has 1 saturated carbocycles. The summed E-state index contributed by atoms with van der Waals surface area (Å²) >= 11 is 0. The van der Waals surface area contributed by atoms with Crippen LogP contribution in [-0.4, -0.2) is 40.3 Å². The molecule has 7 nitrogen and oxygen atoms in total. The van der Waals surface area contributed by atoms with Crippen LogP contribution in [0.15, 0.2) is 23.0 Å². The van der Waals surface area contributed by atoms with Crippen molar-refractivity contribution in [3.8, 4) is 17.0 Å². The maximum absolute atomic E-state index is 12.1. The number of piperidine rings is 1. The second-order valence-corrected chi connectivity index (χ2v) is 7.29. The minimum absolute atomic E-state index is 0.339. The van der Waals surface area contributed by atoms with Gasteiger partial charge in [0.05, 0.1) is 5.69 Å². The number of fused-ring (bicyclic) bond motifs is 1. The molecule has 7 heteroatoms. The van der Waals surface area contributed by atoms with E-state index in [2.05, 4.69) is 9.88 Å². The van der Waals surface area contributed by atoms with Crippen LogP contribution in [0.4, 0.5) is 5.69 Å². The molecule has 1 unspecified atom stereocenters. The molecule has 0 radical (unpaired) electrons. The lowest BCUT2D eigenvalue weighted by atomic mass is 9.99. The first-order valence-electron chi connectivity index (χ1n) is 8.60. The molecule has 3 atom stereocenters. The van der Waals surface area contributed by atoms with E-state index in [1.165, 1.54) is 0 Å². The number of benzene rings is 1. The average molecular weight is 355 g/mol. The number of carboxylic acids is 1. The molecule has 0 amide bonds. The summed E-state index contributed by atoms with van der Waals surface area (Å²) in [6, 6.07) is 6.27. The number of pyridine rings is 1.